The number of hydrazine groups is 1. The molecule has 0 bridgehead atoms. The molecule has 0 saturated carbocycles. The van der Waals surface area contributed by atoms with E-state index < -0.39 is 6.09 Å². The van der Waals surface area contributed by atoms with E-state index in [9.17, 15) is 4.79 Å². The molecule has 2 N–H and O–H groups in total. The smallest absolute Gasteiger partial charge is 0.428 e. The number of anilines is 1. The average Bonchev–Trinajstić information content (AvgIpc) is 2.55. The lowest BCUT2D eigenvalue weighted by Gasteiger charge is -2.16. The molecule has 2 aromatic rings. The van der Waals surface area contributed by atoms with Gasteiger partial charge in [-0.2, -0.15) is 0 Å². The van der Waals surface area contributed by atoms with Crippen molar-refractivity contribution in [2.24, 2.45) is 5.84 Å². The molecular weight excluding hydrogens is 339 g/mol. The molecule has 23 heavy (non-hydrogen) atoms. The van der Waals surface area contributed by atoms with Gasteiger partial charge in [-0.05, 0) is 49.4 Å². The fourth-order valence-electron chi connectivity index (χ4n) is 1.82. The molecule has 1 amide bonds. The van der Waals surface area contributed by atoms with Gasteiger partial charge in [0, 0.05) is 15.6 Å². The summed E-state index contributed by atoms with van der Waals surface area (Å²) in [5.41, 5.74) is 1.28. The first-order valence-electron chi connectivity index (χ1n) is 6.89. The summed E-state index contributed by atoms with van der Waals surface area (Å²) in [6.07, 6.45) is -0.619. The summed E-state index contributed by atoms with van der Waals surface area (Å²) in [5, 5.41) is 2.11. The van der Waals surface area contributed by atoms with Gasteiger partial charge in [0.1, 0.15) is 12.4 Å². The summed E-state index contributed by atoms with van der Waals surface area (Å²) < 4.78 is 10.5. The molecule has 0 aliphatic rings. The van der Waals surface area contributed by atoms with E-state index in [4.69, 9.17) is 38.5 Å². The second-order valence-corrected chi connectivity index (χ2v) is 5.43. The first kappa shape index (κ1) is 17.4. The maximum Gasteiger partial charge on any atom is 0.428 e. The van der Waals surface area contributed by atoms with Crippen LogP contribution in [-0.4, -0.2) is 12.7 Å². The molecule has 0 radical (unpaired) electrons. The van der Waals surface area contributed by atoms with Gasteiger partial charge < -0.3 is 9.47 Å². The van der Waals surface area contributed by atoms with E-state index in [0.29, 0.717) is 21.5 Å². The fraction of sp³-hybridized carbons (Fsp3) is 0.188. The monoisotopic (exact) mass is 354 g/mol. The van der Waals surface area contributed by atoms with Gasteiger partial charge >= 0.3 is 6.09 Å². The van der Waals surface area contributed by atoms with Crippen molar-refractivity contribution < 1.29 is 14.3 Å². The Labute approximate surface area is 144 Å². The summed E-state index contributed by atoms with van der Waals surface area (Å²) in [6, 6.07) is 11.9. The van der Waals surface area contributed by atoms with Crippen molar-refractivity contribution in [3.8, 4) is 5.75 Å². The molecular formula is C16H16Cl2N2O3. The van der Waals surface area contributed by atoms with Crippen LogP contribution in [0, 0.1) is 0 Å². The Morgan fingerprint density at radius 2 is 1.87 bits per heavy atom. The van der Waals surface area contributed by atoms with Crippen molar-refractivity contribution in [2.45, 2.75) is 13.5 Å². The average molecular weight is 355 g/mol. The summed E-state index contributed by atoms with van der Waals surface area (Å²) >= 11 is 12.0. The second kappa shape index (κ2) is 8.06. The highest BCUT2D eigenvalue weighted by molar-refractivity contribution is 6.33. The van der Waals surface area contributed by atoms with Crippen LogP contribution in [0.4, 0.5) is 10.5 Å². The minimum absolute atomic E-state index is 0.258. The molecule has 2 rings (SSSR count). The SMILES string of the molecule is CCOC(=O)N(N)c1ccc(OCc2cc(Cl)ccc2Cl)cc1. The van der Waals surface area contributed by atoms with Gasteiger partial charge in [0.25, 0.3) is 0 Å². The zero-order valence-electron chi connectivity index (χ0n) is 12.5. The summed E-state index contributed by atoms with van der Waals surface area (Å²) in [5.74, 6) is 6.28. The van der Waals surface area contributed by atoms with E-state index in [1.165, 1.54) is 0 Å². The first-order chi connectivity index (χ1) is 11.0. The fourth-order valence-corrected chi connectivity index (χ4v) is 2.18. The van der Waals surface area contributed by atoms with Crippen LogP contribution in [-0.2, 0) is 11.3 Å². The first-order valence-corrected chi connectivity index (χ1v) is 7.65. The number of benzene rings is 2. The van der Waals surface area contributed by atoms with Crippen LogP contribution in [0.3, 0.4) is 0 Å². The quantitative estimate of drug-likeness (QED) is 0.490. The van der Waals surface area contributed by atoms with E-state index in [2.05, 4.69) is 0 Å². The van der Waals surface area contributed by atoms with E-state index in [-0.39, 0.29) is 13.2 Å². The Balaban J connectivity index is 2.00. The number of halogens is 2. The molecule has 7 heteroatoms. The number of amides is 1. The molecule has 0 aromatic heterocycles. The molecule has 0 aliphatic heterocycles. The van der Waals surface area contributed by atoms with Crippen LogP contribution < -0.4 is 15.6 Å². The third-order valence-corrected chi connectivity index (χ3v) is 3.59. The highest BCUT2D eigenvalue weighted by Crippen LogP contribution is 2.23. The molecule has 0 atom stereocenters. The van der Waals surface area contributed by atoms with Gasteiger partial charge in [-0.15, -0.1) is 0 Å². The maximum atomic E-state index is 11.5. The zero-order valence-corrected chi connectivity index (χ0v) is 14.0. The largest absolute Gasteiger partial charge is 0.489 e. The van der Waals surface area contributed by atoms with Crippen LogP contribution in [0.1, 0.15) is 12.5 Å². The molecule has 2 aromatic carbocycles. The molecule has 122 valence electrons. The normalized spacial score (nSPS) is 10.3. The molecule has 0 spiro atoms. The minimum atomic E-state index is -0.619. The lowest BCUT2D eigenvalue weighted by atomic mass is 10.2. The highest BCUT2D eigenvalue weighted by Gasteiger charge is 2.12. The number of carbonyl (C=O) groups excluding carboxylic acids is 1. The molecule has 0 unspecified atom stereocenters. The third-order valence-electron chi connectivity index (χ3n) is 2.98. The Hall–Kier alpha value is -1.95. The van der Waals surface area contributed by atoms with Gasteiger partial charge in [-0.1, -0.05) is 23.2 Å². The van der Waals surface area contributed by atoms with Crippen molar-refractivity contribution in [3.63, 3.8) is 0 Å². The molecule has 0 aliphatic carbocycles. The van der Waals surface area contributed by atoms with Gasteiger partial charge in [0.2, 0.25) is 0 Å². The Bertz CT molecular complexity index is 678. The standard InChI is InChI=1S/C16H16Cl2N2O3/c1-2-22-16(21)20(19)13-4-6-14(7-5-13)23-10-11-9-12(17)3-8-15(11)18/h3-9H,2,10,19H2,1H3. The number of carbonyl (C=O) groups is 1. The van der Waals surface area contributed by atoms with E-state index in [0.717, 1.165) is 10.6 Å². The predicted molar refractivity (Wildman–Crippen MR) is 90.9 cm³/mol. The Morgan fingerprint density at radius 1 is 1.17 bits per heavy atom. The van der Waals surface area contributed by atoms with Crippen molar-refractivity contribution in [3.05, 3.63) is 58.1 Å². The molecule has 0 fully saturated rings. The summed E-state index contributed by atoms with van der Waals surface area (Å²) in [7, 11) is 0. The third kappa shape index (κ3) is 4.76. The Kier molecular flexibility index (Phi) is 6.10. The van der Waals surface area contributed by atoms with E-state index >= 15 is 0 Å². The van der Waals surface area contributed by atoms with Crippen molar-refractivity contribution >= 4 is 35.0 Å². The van der Waals surface area contributed by atoms with Crippen LogP contribution >= 0.6 is 23.2 Å². The van der Waals surface area contributed by atoms with Crippen molar-refractivity contribution in [2.75, 3.05) is 11.6 Å². The molecule has 0 saturated heterocycles. The van der Waals surface area contributed by atoms with Gasteiger partial charge in [0.15, 0.2) is 0 Å². The topological polar surface area (TPSA) is 64.8 Å². The maximum absolute atomic E-state index is 11.5. The van der Waals surface area contributed by atoms with E-state index in [1.807, 2.05) is 0 Å². The molecule has 0 heterocycles. The zero-order chi connectivity index (χ0) is 16.8. The number of hydrogen-bond donors (Lipinski definition) is 1. The van der Waals surface area contributed by atoms with Gasteiger partial charge in [0.05, 0.1) is 12.3 Å². The summed E-state index contributed by atoms with van der Waals surface area (Å²) in [4.78, 5) is 11.5. The lowest BCUT2D eigenvalue weighted by molar-refractivity contribution is 0.160. The van der Waals surface area contributed by atoms with Gasteiger partial charge in [-0.25, -0.2) is 15.6 Å². The van der Waals surface area contributed by atoms with Crippen molar-refractivity contribution in [1.29, 1.82) is 0 Å². The second-order valence-electron chi connectivity index (χ2n) is 4.59. The Morgan fingerprint density at radius 3 is 2.52 bits per heavy atom. The predicted octanol–water partition coefficient (Wildman–Crippen LogP) is 4.41. The molecule has 5 nitrogen and oxygen atoms in total. The highest BCUT2D eigenvalue weighted by atomic mass is 35.5. The van der Waals surface area contributed by atoms with E-state index in [1.54, 1.807) is 49.4 Å². The minimum Gasteiger partial charge on any atom is -0.489 e. The lowest BCUT2D eigenvalue weighted by Crippen LogP contribution is -2.37. The number of hydrogen-bond acceptors (Lipinski definition) is 4. The van der Waals surface area contributed by atoms with Crippen LogP contribution in [0.15, 0.2) is 42.5 Å². The number of nitrogens with zero attached hydrogens (tertiary/aromatic N) is 1. The van der Waals surface area contributed by atoms with Crippen LogP contribution in [0.25, 0.3) is 0 Å². The van der Waals surface area contributed by atoms with Crippen LogP contribution in [0.2, 0.25) is 10.0 Å². The summed E-state index contributed by atoms with van der Waals surface area (Å²) in [6.45, 7) is 2.25. The van der Waals surface area contributed by atoms with Crippen molar-refractivity contribution in [1.82, 2.24) is 0 Å². The number of nitrogens with two attached hydrogens (primary N) is 1. The van der Waals surface area contributed by atoms with Gasteiger partial charge in [-0.3, -0.25) is 0 Å². The number of ether oxygens (including phenoxy) is 2. The van der Waals surface area contributed by atoms with Crippen LogP contribution in [0.5, 0.6) is 5.75 Å². The number of rotatable bonds is 5.